The van der Waals surface area contributed by atoms with Gasteiger partial charge in [0.25, 0.3) is 6.33 Å². The average molecular weight is 934 g/mol. The maximum Gasteiger partial charge on any atom is 0.267 e. The molecule has 0 spiro atoms. The summed E-state index contributed by atoms with van der Waals surface area (Å²) in [5.41, 5.74) is 9.74. The summed E-state index contributed by atoms with van der Waals surface area (Å²) in [4.78, 5) is 5.10. The van der Waals surface area contributed by atoms with Crippen LogP contribution >= 0.6 is 0 Å². The summed E-state index contributed by atoms with van der Waals surface area (Å²) in [5, 5.41) is 7.08. The van der Waals surface area contributed by atoms with Crippen molar-refractivity contribution < 1.29 is 30.4 Å². The third-order valence-corrected chi connectivity index (χ3v) is 11.5. The minimum atomic E-state index is -0.0789. The Kier molecular flexibility index (Phi) is 8.26. The molecule has 0 atom stereocenters. The van der Waals surface area contributed by atoms with Crippen LogP contribution in [0.4, 0.5) is 0 Å². The third kappa shape index (κ3) is 5.37. The van der Waals surface area contributed by atoms with Gasteiger partial charge in [-0.25, -0.2) is 4.98 Å². The van der Waals surface area contributed by atoms with Gasteiger partial charge in [0.05, 0.1) is 22.2 Å². The number of ether oxygens (including phenoxy) is 1. The van der Waals surface area contributed by atoms with E-state index in [-0.39, 0.29) is 26.5 Å². The molecule has 7 nitrogen and oxygen atoms in total. The smallest absolute Gasteiger partial charge is 0.267 e. The second kappa shape index (κ2) is 13.3. The van der Waals surface area contributed by atoms with Gasteiger partial charge in [-0.05, 0) is 58.5 Å². The van der Waals surface area contributed by atoms with Gasteiger partial charge in [-0.2, -0.15) is 18.2 Å². The molecule has 0 fully saturated rings. The average Bonchev–Trinajstić information content (AvgIpc) is 3.99. The second-order valence-corrected chi connectivity index (χ2v) is 15.9. The number of para-hydroxylation sites is 3. The number of aryl methyl sites for hydroxylation is 2. The van der Waals surface area contributed by atoms with Gasteiger partial charge in [0.15, 0.2) is 0 Å². The Morgan fingerprint density at radius 3 is 2.03 bits per heavy atom. The molecule has 8 heteroatoms. The van der Waals surface area contributed by atoms with E-state index in [4.69, 9.17) is 9.72 Å². The van der Waals surface area contributed by atoms with Gasteiger partial charge in [0, 0.05) is 97.8 Å². The Hall–Kier alpha value is -6.43. The molecule has 0 aliphatic rings. The monoisotopic (exact) mass is 933 g/mol. The molecule has 0 aliphatic heterocycles. The normalized spacial score (nSPS) is 12.1. The summed E-state index contributed by atoms with van der Waals surface area (Å²) in [5.74, 6) is 2.01. The molecule has 0 amide bonds. The molecule has 0 saturated carbocycles. The van der Waals surface area contributed by atoms with Crippen LogP contribution in [0, 0.1) is 18.5 Å². The van der Waals surface area contributed by atoms with Crippen LogP contribution in [0.3, 0.4) is 0 Å². The zero-order valence-corrected chi connectivity index (χ0v) is 35.0. The van der Waals surface area contributed by atoms with Crippen LogP contribution < -0.4 is 9.30 Å². The molecule has 286 valence electrons. The minimum absolute atomic E-state index is 0. The molecular formula is C50H38N6OPt-2. The SMILES string of the molecule is Cn1c2ccccc2c2c3c4ccc(Oc5[c-]c(-[n+]6[c-]n(-c7ccccc7)cc6)ccc5)[c-]c4n(-c4cc(C(C)(C)C)ccn4)c3c3c4ccccc4n(C)c3c21.[Pt]. The van der Waals surface area contributed by atoms with Crippen molar-refractivity contribution in [2.24, 2.45) is 14.1 Å². The van der Waals surface area contributed by atoms with Gasteiger partial charge in [0.2, 0.25) is 0 Å². The van der Waals surface area contributed by atoms with Crippen LogP contribution in [0.1, 0.15) is 26.3 Å². The molecule has 5 aromatic heterocycles. The number of imidazole rings is 1. The Morgan fingerprint density at radius 1 is 0.638 bits per heavy atom. The predicted octanol–water partition coefficient (Wildman–Crippen LogP) is 11.0. The molecule has 0 radical (unpaired) electrons. The van der Waals surface area contributed by atoms with Gasteiger partial charge < -0.3 is 23.0 Å². The summed E-state index contributed by atoms with van der Waals surface area (Å²) in [6.45, 7) is 6.74. The standard InChI is InChI=1S/C50H38N6O.Pt/c1-50(2,3)32-24-25-51-43(28-32)56-42-30-36(57-35-17-13-16-34(29-35)55-27-26-54(31-55)33-14-7-6-8-15-33)22-23-39(42)44-45-37-18-9-11-20-40(37)52(4)48(45)49-46(47(44)56)38-19-10-12-21-41(38)53(49)5;/h6-28H,1-5H3;/q-2;. The summed E-state index contributed by atoms with van der Waals surface area (Å²) in [6.07, 6.45) is 9.29. The maximum atomic E-state index is 6.64. The largest absolute Gasteiger partial charge is 0.510 e. The topological polar surface area (TPSA) is 45.7 Å². The van der Waals surface area contributed by atoms with Crippen LogP contribution in [-0.4, -0.2) is 23.3 Å². The fourth-order valence-corrected chi connectivity index (χ4v) is 8.75. The van der Waals surface area contributed by atoms with Crippen molar-refractivity contribution in [3.8, 4) is 28.7 Å². The van der Waals surface area contributed by atoms with Crippen molar-refractivity contribution in [3.63, 3.8) is 0 Å². The predicted molar refractivity (Wildman–Crippen MR) is 229 cm³/mol. The number of pyridine rings is 1. The Labute approximate surface area is 350 Å². The first-order valence-electron chi connectivity index (χ1n) is 19.3. The molecule has 0 aliphatic carbocycles. The molecule has 6 aromatic carbocycles. The van der Waals surface area contributed by atoms with Gasteiger partial charge in [-0.15, -0.1) is 29.7 Å². The van der Waals surface area contributed by atoms with E-state index in [0.717, 1.165) is 33.6 Å². The van der Waals surface area contributed by atoms with E-state index >= 15 is 0 Å². The Balaban J connectivity index is 0.00000408. The van der Waals surface area contributed by atoms with Gasteiger partial charge in [-0.1, -0.05) is 80.9 Å². The summed E-state index contributed by atoms with van der Waals surface area (Å²) < 4.78 is 17.6. The number of hydrogen-bond donors (Lipinski definition) is 0. The number of rotatable bonds is 5. The van der Waals surface area contributed by atoms with Crippen LogP contribution in [-0.2, 0) is 40.6 Å². The van der Waals surface area contributed by atoms with E-state index in [0.29, 0.717) is 11.5 Å². The third-order valence-electron chi connectivity index (χ3n) is 11.5. The molecule has 0 unspecified atom stereocenters. The van der Waals surface area contributed by atoms with E-state index in [1.165, 1.54) is 54.6 Å². The van der Waals surface area contributed by atoms with E-state index in [9.17, 15) is 0 Å². The molecule has 5 heterocycles. The zero-order valence-electron chi connectivity index (χ0n) is 32.7. The number of hydrogen-bond acceptors (Lipinski definition) is 2. The van der Waals surface area contributed by atoms with Gasteiger partial charge in [-0.3, -0.25) is 4.57 Å². The van der Waals surface area contributed by atoms with Gasteiger partial charge in [0.1, 0.15) is 5.82 Å². The second-order valence-electron chi connectivity index (χ2n) is 15.9. The first-order valence-corrected chi connectivity index (χ1v) is 19.3. The maximum absolute atomic E-state index is 6.64. The molecule has 58 heavy (non-hydrogen) atoms. The molecule has 0 saturated heterocycles. The van der Waals surface area contributed by atoms with Crippen molar-refractivity contribution in [1.82, 2.24) is 23.3 Å². The summed E-state index contributed by atoms with van der Waals surface area (Å²) in [6, 6.07) is 49.4. The molecule has 11 aromatic rings. The van der Waals surface area contributed by atoms with Crippen LogP contribution in [0.25, 0.3) is 82.6 Å². The van der Waals surface area contributed by atoms with Crippen LogP contribution in [0.5, 0.6) is 11.5 Å². The van der Waals surface area contributed by atoms with Crippen molar-refractivity contribution in [2.45, 2.75) is 26.2 Å². The number of aromatic nitrogens is 6. The molecule has 11 rings (SSSR count). The van der Waals surface area contributed by atoms with Crippen molar-refractivity contribution in [3.05, 3.63) is 164 Å². The zero-order chi connectivity index (χ0) is 38.6. The quantitative estimate of drug-likeness (QED) is 0.128. The minimum Gasteiger partial charge on any atom is -0.510 e. The summed E-state index contributed by atoms with van der Waals surface area (Å²) in [7, 11) is 4.38. The first kappa shape index (κ1) is 35.9. The molecule has 0 bridgehead atoms. The van der Waals surface area contributed by atoms with E-state index in [2.05, 4.69) is 146 Å². The number of benzene rings is 6. The van der Waals surface area contributed by atoms with Crippen molar-refractivity contribution in [2.75, 3.05) is 0 Å². The number of nitrogens with zero attached hydrogens (tertiary/aromatic N) is 6. The van der Waals surface area contributed by atoms with Crippen molar-refractivity contribution in [1.29, 1.82) is 0 Å². The number of fused-ring (bicyclic) bond motifs is 12. The fraction of sp³-hybridized carbons (Fsp3) is 0.120. The van der Waals surface area contributed by atoms with Gasteiger partial charge >= 0.3 is 0 Å². The van der Waals surface area contributed by atoms with Crippen LogP contribution in [0.2, 0.25) is 0 Å². The van der Waals surface area contributed by atoms with E-state index in [1.54, 1.807) is 0 Å². The molecular weight excluding hydrogens is 896 g/mol. The van der Waals surface area contributed by atoms with E-state index in [1.807, 2.05) is 70.2 Å². The Bertz CT molecular complexity index is 3400. The fourth-order valence-electron chi connectivity index (χ4n) is 8.75. The van der Waals surface area contributed by atoms with Crippen molar-refractivity contribution >= 4 is 65.4 Å². The van der Waals surface area contributed by atoms with Crippen LogP contribution in [0.15, 0.2) is 140 Å². The summed E-state index contributed by atoms with van der Waals surface area (Å²) >= 11 is 0. The first-order chi connectivity index (χ1) is 27.7. The Morgan fingerprint density at radius 2 is 1.29 bits per heavy atom. The molecule has 0 N–H and O–H groups in total. The van der Waals surface area contributed by atoms with E-state index < -0.39 is 0 Å².